The summed E-state index contributed by atoms with van der Waals surface area (Å²) in [5, 5.41) is 4.96. The van der Waals surface area contributed by atoms with E-state index in [4.69, 9.17) is 5.73 Å². The average molecular weight is 297 g/mol. The van der Waals surface area contributed by atoms with Crippen molar-refractivity contribution in [3.05, 3.63) is 53.9 Å². The topological polar surface area (TPSA) is 76.2 Å². The van der Waals surface area contributed by atoms with Crippen LogP contribution in [-0.4, -0.2) is 22.7 Å². The molecule has 21 heavy (non-hydrogen) atoms. The normalized spacial score (nSPS) is 11.3. The highest BCUT2D eigenvalue weighted by Crippen LogP contribution is 2.25. The van der Waals surface area contributed by atoms with E-state index in [2.05, 4.69) is 20.5 Å². The van der Waals surface area contributed by atoms with Gasteiger partial charge in [-0.25, -0.2) is 4.98 Å². The van der Waals surface area contributed by atoms with Crippen LogP contribution >= 0.6 is 11.3 Å². The van der Waals surface area contributed by atoms with Gasteiger partial charge < -0.3 is 5.73 Å². The minimum Gasteiger partial charge on any atom is -0.330 e. The SMILES string of the molecule is NCCc1cccc(/C=N/Nc2nc3ccccc3s2)n1. The highest BCUT2D eigenvalue weighted by Gasteiger charge is 2.01. The number of anilines is 1. The fourth-order valence-electron chi connectivity index (χ4n) is 1.93. The Balaban J connectivity index is 1.70. The fourth-order valence-corrected chi connectivity index (χ4v) is 2.75. The summed E-state index contributed by atoms with van der Waals surface area (Å²) in [6.07, 6.45) is 2.46. The number of nitrogens with two attached hydrogens (primary N) is 1. The van der Waals surface area contributed by atoms with Gasteiger partial charge in [0.25, 0.3) is 0 Å². The van der Waals surface area contributed by atoms with Crippen molar-refractivity contribution in [3.63, 3.8) is 0 Å². The number of benzene rings is 1. The molecule has 0 fully saturated rings. The quantitative estimate of drug-likeness (QED) is 0.560. The van der Waals surface area contributed by atoms with Crippen molar-refractivity contribution in [1.82, 2.24) is 9.97 Å². The second kappa shape index (κ2) is 6.43. The van der Waals surface area contributed by atoms with Crippen molar-refractivity contribution in [1.29, 1.82) is 0 Å². The first kappa shape index (κ1) is 13.7. The molecule has 0 aliphatic heterocycles. The molecule has 0 amide bonds. The summed E-state index contributed by atoms with van der Waals surface area (Å²) >= 11 is 1.57. The number of thiazole rings is 1. The van der Waals surface area contributed by atoms with Crippen molar-refractivity contribution < 1.29 is 0 Å². The summed E-state index contributed by atoms with van der Waals surface area (Å²) < 4.78 is 1.14. The van der Waals surface area contributed by atoms with E-state index in [0.717, 1.165) is 33.2 Å². The average Bonchev–Trinajstić information content (AvgIpc) is 2.91. The minimum absolute atomic E-state index is 0.595. The zero-order chi connectivity index (χ0) is 14.5. The Kier molecular flexibility index (Phi) is 4.18. The second-order valence-electron chi connectivity index (χ2n) is 4.45. The molecule has 1 aromatic carbocycles. The maximum Gasteiger partial charge on any atom is 0.204 e. The molecule has 0 saturated carbocycles. The molecule has 2 heterocycles. The van der Waals surface area contributed by atoms with Gasteiger partial charge in [-0.1, -0.05) is 29.5 Å². The van der Waals surface area contributed by atoms with Gasteiger partial charge in [-0.05, 0) is 30.8 Å². The molecule has 3 rings (SSSR count). The molecule has 0 saturated heterocycles. The molecular formula is C15H15N5S. The fraction of sp³-hybridized carbons (Fsp3) is 0.133. The molecule has 3 N–H and O–H groups in total. The van der Waals surface area contributed by atoms with E-state index in [1.165, 1.54) is 0 Å². The Bertz CT molecular complexity index is 732. The number of rotatable bonds is 5. The molecule has 0 aliphatic carbocycles. The molecule has 0 radical (unpaired) electrons. The van der Waals surface area contributed by atoms with Gasteiger partial charge in [0.05, 0.1) is 22.1 Å². The summed E-state index contributed by atoms with van der Waals surface area (Å²) in [6, 6.07) is 13.8. The number of pyridine rings is 1. The first-order valence-corrected chi connectivity index (χ1v) is 7.47. The van der Waals surface area contributed by atoms with Gasteiger partial charge in [-0.15, -0.1) is 0 Å². The Labute approximate surface area is 126 Å². The Morgan fingerprint density at radius 3 is 2.90 bits per heavy atom. The van der Waals surface area contributed by atoms with Gasteiger partial charge in [0.15, 0.2) is 0 Å². The van der Waals surface area contributed by atoms with Crippen molar-refractivity contribution in [2.45, 2.75) is 6.42 Å². The summed E-state index contributed by atoms with van der Waals surface area (Å²) in [5.41, 5.74) is 11.2. The number of hydrogen-bond acceptors (Lipinski definition) is 6. The first-order chi connectivity index (χ1) is 10.3. The molecular weight excluding hydrogens is 282 g/mol. The van der Waals surface area contributed by atoms with Gasteiger partial charge >= 0.3 is 0 Å². The first-order valence-electron chi connectivity index (χ1n) is 6.66. The van der Waals surface area contributed by atoms with Gasteiger partial charge in [0.2, 0.25) is 5.13 Å². The summed E-state index contributed by atoms with van der Waals surface area (Å²) in [4.78, 5) is 8.90. The van der Waals surface area contributed by atoms with Crippen molar-refractivity contribution in [2.24, 2.45) is 10.8 Å². The lowest BCUT2D eigenvalue weighted by atomic mass is 10.2. The maximum absolute atomic E-state index is 5.53. The number of hydrazone groups is 1. The van der Waals surface area contributed by atoms with Gasteiger partial charge in [0, 0.05) is 12.1 Å². The van der Waals surface area contributed by atoms with Crippen molar-refractivity contribution >= 4 is 32.9 Å². The van der Waals surface area contributed by atoms with Crippen LogP contribution in [0.1, 0.15) is 11.4 Å². The van der Waals surface area contributed by atoms with Crippen LogP contribution in [0.2, 0.25) is 0 Å². The van der Waals surface area contributed by atoms with Crippen LogP contribution < -0.4 is 11.2 Å². The summed E-state index contributed by atoms with van der Waals surface area (Å²) in [5.74, 6) is 0. The number of fused-ring (bicyclic) bond motifs is 1. The third kappa shape index (κ3) is 3.42. The lowest BCUT2D eigenvalue weighted by Gasteiger charge is -1.99. The van der Waals surface area contributed by atoms with Gasteiger partial charge in [0.1, 0.15) is 0 Å². The van der Waals surface area contributed by atoms with Gasteiger partial charge in [-0.3, -0.25) is 10.4 Å². The smallest absolute Gasteiger partial charge is 0.204 e. The molecule has 6 heteroatoms. The molecule has 0 bridgehead atoms. The highest BCUT2D eigenvalue weighted by molar-refractivity contribution is 7.22. The molecule has 3 aromatic rings. The number of hydrogen-bond donors (Lipinski definition) is 2. The molecule has 5 nitrogen and oxygen atoms in total. The van der Waals surface area contributed by atoms with Crippen LogP contribution in [0.3, 0.4) is 0 Å². The number of nitrogens with one attached hydrogen (secondary N) is 1. The van der Waals surface area contributed by atoms with Crippen molar-refractivity contribution in [3.8, 4) is 0 Å². The van der Waals surface area contributed by atoms with Crippen LogP contribution in [0.5, 0.6) is 0 Å². The van der Waals surface area contributed by atoms with Crippen LogP contribution in [-0.2, 0) is 6.42 Å². The van der Waals surface area contributed by atoms with Gasteiger partial charge in [-0.2, -0.15) is 5.10 Å². The lowest BCUT2D eigenvalue weighted by molar-refractivity contribution is 0.921. The second-order valence-corrected chi connectivity index (χ2v) is 5.48. The van der Waals surface area contributed by atoms with E-state index in [-0.39, 0.29) is 0 Å². The van der Waals surface area contributed by atoms with E-state index in [9.17, 15) is 0 Å². The van der Waals surface area contributed by atoms with E-state index in [1.807, 2.05) is 42.5 Å². The molecule has 0 atom stereocenters. The largest absolute Gasteiger partial charge is 0.330 e. The van der Waals surface area contributed by atoms with Crippen molar-refractivity contribution in [2.75, 3.05) is 12.0 Å². The standard InChI is InChI=1S/C15H15N5S/c16-9-8-11-4-3-5-12(18-11)10-17-20-15-19-13-6-1-2-7-14(13)21-15/h1-7,10H,8-9,16H2,(H,19,20)/b17-10+. The number of nitrogens with zero attached hydrogens (tertiary/aromatic N) is 3. The third-order valence-corrected chi connectivity index (χ3v) is 3.82. The minimum atomic E-state index is 0.595. The summed E-state index contributed by atoms with van der Waals surface area (Å²) in [6.45, 7) is 0.595. The Morgan fingerprint density at radius 2 is 2.05 bits per heavy atom. The predicted octanol–water partition coefficient (Wildman–Crippen LogP) is 2.64. The predicted molar refractivity (Wildman–Crippen MR) is 87.8 cm³/mol. The number of para-hydroxylation sites is 1. The lowest BCUT2D eigenvalue weighted by Crippen LogP contribution is -2.05. The molecule has 2 aromatic heterocycles. The molecule has 106 valence electrons. The monoisotopic (exact) mass is 297 g/mol. The van der Waals surface area contributed by atoms with E-state index in [0.29, 0.717) is 6.54 Å². The van der Waals surface area contributed by atoms with Crippen LogP contribution in [0, 0.1) is 0 Å². The summed E-state index contributed by atoms with van der Waals surface area (Å²) in [7, 11) is 0. The van der Waals surface area contributed by atoms with Crippen LogP contribution in [0.25, 0.3) is 10.2 Å². The van der Waals surface area contributed by atoms with Crippen LogP contribution in [0.15, 0.2) is 47.6 Å². The van der Waals surface area contributed by atoms with E-state index < -0.39 is 0 Å². The Morgan fingerprint density at radius 1 is 1.14 bits per heavy atom. The van der Waals surface area contributed by atoms with E-state index >= 15 is 0 Å². The third-order valence-electron chi connectivity index (χ3n) is 2.88. The molecule has 0 aliphatic rings. The Hall–Kier alpha value is -2.31. The molecule has 0 spiro atoms. The highest BCUT2D eigenvalue weighted by atomic mass is 32.1. The maximum atomic E-state index is 5.53. The van der Waals surface area contributed by atoms with E-state index in [1.54, 1.807) is 17.6 Å². The number of aromatic nitrogens is 2. The zero-order valence-corrected chi connectivity index (χ0v) is 12.2. The van der Waals surface area contributed by atoms with Crippen LogP contribution in [0.4, 0.5) is 5.13 Å². The zero-order valence-electron chi connectivity index (χ0n) is 11.4. The molecule has 0 unspecified atom stereocenters.